The van der Waals surface area contributed by atoms with Crippen molar-refractivity contribution in [3.63, 3.8) is 0 Å². The summed E-state index contributed by atoms with van der Waals surface area (Å²) >= 11 is 0. The van der Waals surface area contributed by atoms with Crippen LogP contribution in [0.15, 0.2) is 0 Å². The van der Waals surface area contributed by atoms with Gasteiger partial charge in [-0.25, -0.2) is 0 Å². The molecule has 0 saturated carbocycles. The highest BCUT2D eigenvalue weighted by Crippen LogP contribution is 2.54. The van der Waals surface area contributed by atoms with E-state index >= 15 is 0 Å². The fraction of sp³-hybridized carbons (Fsp3) is 1.00. The standard InChI is InChI=1S/C15H23F9O5S.FH/c1-2-3-7-27-10-11-28-8-5-4-6-9-29-30(25,26)15(23,24)13(18,19)12(16,17)14(20,21)22;/h2-11H2,1H3;1H. The van der Waals surface area contributed by atoms with Gasteiger partial charge in [0.2, 0.25) is 0 Å². The van der Waals surface area contributed by atoms with Gasteiger partial charge in [-0.3, -0.25) is 8.89 Å². The van der Waals surface area contributed by atoms with Crippen molar-refractivity contribution in [3.8, 4) is 0 Å². The van der Waals surface area contributed by atoms with E-state index in [0.717, 1.165) is 12.8 Å². The van der Waals surface area contributed by atoms with Gasteiger partial charge in [0, 0.05) is 13.2 Å². The molecule has 0 atom stereocenters. The summed E-state index contributed by atoms with van der Waals surface area (Å²) in [6, 6.07) is 0. The number of rotatable bonds is 16. The van der Waals surface area contributed by atoms with Crippen LogP contribution in [-0.2, 0) is 23.8 Å². The number of halogens is 10. The van der Waals surface area contributed by atoms with Crippen molar-refractivity contribution < 1.29 is 66.3 Å². The third kappa shape index (κ3) is 8.53. The van der Waals surface area contributed by atoms with Gasteiger partial charge in [0.15, 0.2) is 0 Å². The second kappa shape index (κ2) is 13.0. The molecule has 190 valence electrons. The predicted molar refractivity (Wildman–Crippen MR) is 88.7 cm³/mol. The van der Waals surface area contributed by atoms with E-state index in [-0.39, 0.29) is 37.2 Å². The van der Waals surface area contributed by atoms with Gasteiger partial charge in [-0.05, 0) is 25.7 Å². The zero-order valence-electron chi connectivity index (χ0n) is 16.3. The van der Waals surface area contributed by atoms with Crippen LogP contribution in [0.25, 0.3) is 0 Å². The Kier molecular flexibility index (Phi) is 13.5. The Labute approximate surface area is 172 Å². The van der Waals surface area contributed by atoms with Crippen molar-refractivity contribution in [1.82, 2.24) is 0 Å². The Bertz CT molecular complexity index is 595. The molecule has 0 fully saturated rings. The molecule has 0 N–H and O–H groups in total. The van der Waals surface area contributed by atoms with Crippen LogP contribution in [0, 0.1) is 0 Å². The Hall–Kier alpha value is -0.870. The van der Waals surface area contributed by atoms with Crippen molar-refractivity contribution in [1.29, 1.82) is 0 Å². The molecule has 0 bridgehead atoms. The van der Waals surface area contributed by atoms with Crippen LogP contribution in [0.4, 0.5) is 44.2 Å². The first-order chi connectivity index (χ1) is 13.6. The highest BCUT2D eigenvalue weighted by atomic mass is 32.2. The second-order valence-corrected chi connectivity index (χ2v) is 7.74. The molecule has 31 heavy (non-hydrogen) atoms. The Morgan fingerprint density at radius 2 is 1.10 bits per heavy atom. The van der Waals surface area contributed by atoms with Crippen LogP contribution in [-0.4, -0.2) is 64.7 Å². The second-order valence-electron chi connectivity index (χ2n) is 6.08. The van der Waals surface area contributed by atoms with Crippen molar-refractivity contribution in [2.45, 2.75) is 62.3 Å². The molecule has 16 heteroatoms. The van der Waals surface area contributed by atoms with Gasteiger partial charge >= 0.3 is 33.4 Å². The van der Waals surface area contributed by atoms with E-state index in [9.17, 15) is 47.9 Å². The lowest BCUT2D eigenvalue weighted by Gasteiger charge is -2.32. The van der Waals surface area contributed by atoms with Gasteiger partial charge < -0.3 is 9.47 Å². The van der Waals surface area contributed by atoms with Crippen LogP contribution in [0.5, 0.6) is 0 Å². The summed E-state index contributed by atoms with van der Waals surface area (Å²) in [6.45, 7) is 2.22. The minimum atomic E-state index is -7.31. The highest BCUT2D eigenvalue weighted by Gasteiger charge is 2.85. The molecule has 0 amide bonds. The van der Waals surface area contributed by atoms with Crippen LogP contribution < -0.4 is 0 Å². The molecule has 0 aromatic heterocycles. The number of ether oxygens (including phenoxy) is 2. The summed E-state index contributed by atoms with van der Waals surface area (Å²) < 4.78 is 151. The summed E-state index contributed by atoms with van der Waals surface area (Å²) in [5, 5.41) is -6.82. The normalized spacial score (nSPS) is 13.9. The van der Waals surface area contributed by atoms with Crippen molar-refractivity contribution >= 4 is 10.1 Å². The molecule has 0 rings (SSSR count). The molecule has 5 nitrogen and oxygen atoms in total. The van der Waals surface area contributed by atoms with Crippen LogP contribution in [0.1, 0.15) is 39.0 Å². The van der Waals surface area contributed by atoms with E-state index in [0.29, 0.717) is 13.2 Å². The average Bonchev–Trinajstić information content (AvgIpc) is 2.61. The summed E-state index contributed by atoms with van der Waals surface area (Å²) in [5.74, 6) is -14.6. The molecule has 0 radical (unpaired) electrons. The fourth-order valence-corrected chi connectivity index (χ4v) is 2.74. The Morgan fingerprint density at radius 1 is 0.645 bits per heavy atom. The largest absolute Gasteiger partial charge is 0.460 e. The summed E-state index contributed by atoms with van der Waals surface area (Å²) in [5.41, 5.74) is 0. The summed E-state index contributed by atoms with van der Waals surface area (Å²) in [6.07, 6.45) is -5.14. The van der Waals surface area contributed by atoms with Gasteiger partial charge in [0.25, 0.3) is 0 Å². The fourth-order valence-electron chi connectivity index (χ4n) is 1.81. The first kappa shape index (κ1) is 32.3. The third-order valence-corrected chi connectivity index (χ3v) is 4.98. The maximum atomic E-state index is 13.4. The Morgan fingerprint density at radius 3 is 1.55 bits per heavy atom. The van der Waals surface area contributed by atoms with Crippen LogP contribution in [0.2, 0.25) is 0 Å². The molecule has 0 saturated heterocycles. The molecule has 0 spiro atoms. The molecule has 0 heterocycles. The van der Waals surface area contributed by atoms with E-state index in [4.69, 9.17) is 9.47 Å². The maximum absolute atomic E-state index is 13.4. The third-order valence-electron chi connectivity index (χ3n) is 3.62. The number of hydrogen-bond donors (Lipinski definition) is 0. The van der Waals surface area contributed by atoms with Gasteiger partial charge in [0.1, 0.15) is 0 Å². The van der Waals surface area contributed by atoms with E-state index in [1.807, 2.05) is 6.92 Å². The monoisotopic (exact) mass is 506 g/mol. The molecule has 0 aliphatic carbocycles. The summed E-state index contributed by atoms with van der Waals surface area (Å²) in [7, 11) is -6.78. The van der Waals surface area contributed by atoms with E-state index in [1.165, 1.54) is 0 Å². The van der Waals surface area contributed by atoms with Gasteiger partial charge in [0.05, 0.1) is 19.8 Å². The van der Waals surface area contributed by atoms with Crippen molar-refractivity contribution in [2.75, 3.05) is 33.0 Å². The summed E-state index contributed by atoms with van der Waals surface area (Å²) in [4.78, 5) is 0. The van der Waals surface area contributed by atoms with Crippen LogP contribution in [0.3, 0.4) is 0 Å². The lowest BCUT2D eigenvalue weighted by molar-refractivity contribution is -0.382. The first-order valence-electron chi connectivity index (χ1n) is 8.81. The lowest BCUT2D eigenvalue weighted by atomic mass is 10.1. The minimum absolute atomic E-state index is 0. The topological polar surface area (TPSA) is 61.8 Å². The van der Waals surface area contributed by atoms with Gasteiger partial charge in [-0.2, -0.15) is 47.9 Å². The average molecular weight is 506 g/mol. The molecular formula is C15H24F10O5S. The lowest BCUT2D eigenvalue weighted by Crippen LogP contribution is -2.63. The van der Waals surface area contributed by atoms with E-state index in [1.54, 1.807) is 0 Å². The van der Waals surface area contributed by atoms with E-state index in [2.05, 4.69) is 4.18 Å². The molecule has 0 aliphatic rings. The predicted octanol–water partition coefficient (Wildman–Crippen LogP) is 4.91. The molecule has 0 aromatic carbocycles. The molecular weight excluding hydrogens is 482 g/mol. The molecule has 0 aromatic rings. The zero-order chi connectivity index (χ0) is 23.7. The number of hydrogen-bond acceptors (Lipinski definition) is 5. The number of alkyl halides is 9. The van der Waals surface area contributed by atoms with E-state index < -0.39 is 40.0 Å². The minimum Gasteiger partial charge on any atom is -0.379 e. The smallest absolute Gasteiger partial charge is 0.379 e. The Balaban J connectivity index is 0. The van der Waals surface area contributed by atoms with Gasteiger partial charge in [-0.15, -0.1) is 0 Å². The maximum Gasteiger partial charge on any atom is 0.460 e. The quantitative estimate of drug-likeness (QED) is 0.169. The molecule has 0 unspecified atom stereocenters. The van der Waals surface area contributed by atoms with Gasteiger partial charge in [-0.1, -0.05) is 13.3 Å². The highest BCUT2D eigenvalue weighted by molar-refractivity contribution is 7.87. The first-order valence-corrected chi connectivity index (χ1v) is 10.2. The van der Waals surface area contributed by atoms with Crippen molar-refractivity contribution in [2.24, 2.45) is 0 Å². The van der Waals surface area contributed by atoms with Crippen molar-refractivity contribution in [3.05, 3.63) is 0 Å². The number of unbranched alkanes of at least 4 members (excludes halogenated alkanes) is 3. The zero-order valence-corrected chi connectivity index (χ0v) is 17.1. The SMILES string of the molecule is CCCCOCCOCCCCCOS(=O)(=O)C(F)(F)C(F)(F)C(F)(F)C(F)(F)F.F. The molecule has 0 aliphatic heterocycles. The van der Waals surface area contributed by atoms with Crippen LogP contribution >= 0.6 is 0 Å².